The number of aliphatic hydroxyl groups is 1. The van der Waals surface area contributed by atoms with Gasteiger partial charge in [-0.05, 0) is 36.0 Å². The monoisotopic (exact) mass is 384 g/mol. The summed E-state index contributed by atoms with van der Waals surface area (Å²) in [6.07, 6.45) is 1.16. The lowest BCUT2D eigenvalue weighted by molar-refractivity contribution is -0.157. The molecule has 1 unspecified atom stereocenters. The average molecular weight is 384 g/mol. The van der Waals surface area contributed by atoms with E-state index >= 15 is 0 Å². The fraction of sp³-hybridized carbons (Fsp3) is 0.435. The number of hydrogen-bond acceptors (Lipinski definition) is 3. The van der Waals surface area contributed by atoms with Gasteiger partial charge < -0.3 is 15.3 Å². The Kier molecular flexibility index (Phi) is 6.47. The summed E-state index contributed by atoms with van der Waals surface area (Å²) in [6, 6.07) is 14.8. The van der Waals surface area contributed by atoms with Crippen LogP contribution in [0.15, 0.2) is 48.5 Å². The van der Waals surface area contributed by atoms with Gasteiger partial charge in [-0.15, -0.1) is 0 Å². The SMILES string of the molecule is CC(C)c1ccc(CN2CCCC(O)(CNCc3ccccc3F)C2=O)cc1. The highest BCUT2D eigenvalue weighted by molar-refractivity contribution is 5.86. The highest BCUT2D eigenvalue weighted by Gasteiger charge is 2.41. The van der Waals surface area contributed by atoms with Gasteiger partial charge in [0.25, 0.3) is 5.91 Å². The Labute approximate surface area is 166 Å². The first kappa shape index (κ1) is 20.5. The van der Waals surface area contributed by atoms with Crippen LogP contribution in [-0.2, 0) is 17.9 Å². The average Bonchev–Trinajstić information content (AvgIpc) is 2.68. The van der Waals surface area contributed by atoms with E-state index in [1.807, 2.05) is 12.1 Å². The normalized spacial score (nSPS) is 20.0. The summed E-state index contributed by atoms with van der Waals surface area (Å²) in [5, 5.41) is 14.0. The van der Waals surface area contributed by atoms with Crippen LogP contribution in [-0.4, -0.2) is 34.6 Å². The van der Waals surface area contributed by atoms with E-state index in [9.17, 15) is 14.3 Å². The third kappa shape index (κ3) is 4.78. The molecule has 1 atom stereocenters. The molecule has 1 amide bonds. The fourth-order valence-electron chi connectivity index (χ4n) is 3.65. The number of hydrogen-bond donors (Lipinski definition) is 2. The number of carbonyl (C=O) groups excluding carboxylic acids is 1. The lowest BCUT2D eigenvalue weighted by atomic mass is 9.91. The van der Waals surface area contributed by atoms with Crippen molar-refractivity contribution < 1.29 is 14.3 Å². The smallest absolute Gasteiger partial charge is 0.256 e. The number of carbonyl (C=O) groups is 1. The molecule has 3 rings (SSSR count). The number of nitrogens with one attached hydrogen (secondary N) is 1. The molecule has 0 bridgehead atoms. The Morgan fingerprint density at radius 1 is 1.18 bits per heavy atom. The minimum absolute atomic E-state index is 0.114. The maximum absolute atomic E-state index is 13.7. The highest BCUT2D eigenvalue weighted by atomic mass is 19.1. The number of likely N-dealkylation sites (tertiary alicyclic amines) is 1. The van der Waals surface area contributed by atoms with Crippen LogP contribution in [0.25, 0.3) is 0 Å². The molecular formula is C23H29FN2O2. The maximum Gasteiger partial charge on any atom is 0.256 e. The van der Waals surface area contributed by atoms with Gasteiger partial charge in [0.2, 0.25) is 0 Å². The molecule has 0 saturated carbocycles. The first-order valence-corrected chi connectivity index (χ1v) is 9.94. The summed E-state index contributed by atoms with van der Waals surface area (Å²) < 4.78 is 13.7. The quantitative estimate of drug-likeness (QED) is 0.767. The predicted octanol–water partition coefficient (Wildman–Crippen LogP) is 3.59. The van der Waals surface area contributed by atoms with Gasteiger partial charge in [0.1, 0.15) is 5.82 Å². The second-order valence-electron chi connectivity index (χ2n) is 7.95. The van der Waals surface area contributed by atoms with Crippen molar-refractivity contribution in [1.82, 2.24) is 10.2 Å². The van der Waals surface area contributed by atoms with E-state index in [2.05, 4.69) is 31.3 Å². The fourth-order valence-corrected chi connectivity index (χ4v) is 3.65. The van der Waals surface area contributed by atoms with Gasteiger partial charge >= 0.3 is 0 Å². The molecule has 2 N–H and O–H groups in total. The first-order chi connectivity index (χ1) is 13.4. The van der Waals surface area contributed by atoms with Crippen molar-refractivity contribution >= 4 is 5.91 Å². The second kappa shape index (κ2) is 8.84. The third-order valence-electron chi connectivity index (χ3n) is 5.41. The number of piperidine rings is 1. The molecule has 1 saturated heterocycles. The summed E-state index contributed by atoms with van der Waals surface area (Å²) in [5.74, 6) is -0.0764. The zero-order chi connectivity index (χ0) is 20.1. The van der Waals surface area contributed by atoms with Gasteiger partial charge in [-0.1, -0.05) is 56.3 Å². The van der Waals surface area contributed by atoms with Crippen molar-refractivity contribution in [2.45, 2.75) is 51.3 Å². The van der Waals surface area contributed by atoms with Gasteiger partial charge in [0.05, 0.1) is 0 Å². The van der Waals surface area contributed by atoms with E-state index in [0.29, 0.717) is 31.0 Å². The standard InChI is InChI=1S/C23H29FN2O2/c1-17(2)19-10-8-18(9-11-19)15-26-13-5-12-23(28,22(26)27)16-25-14-20-6-3-4-7-21(20)24/h3-4,6-11,17,25,28H,5,12-16H2,1-2H3. The van der Waals surface area contributed by atoms with E-state index in [1.54, 1.807) is 23.1 Å². The van der Waals surface area contributed by atoms with Crippen LogP contribution in [0.4, 0.5) is 4.39 Å². The van der Waals surface area contributed by atoms with Crippen molar-refractivity contribution in [3.8, 4) is 0 Å². The molecule has 0 spiro atoms. The Hall–Kier alpha value is -2.24. The van der Waals surface area contributed by atoms with Gasteiger partial charge in [-0.2, -0.15) is 0 Å². The number of nitrogens with zero attached hydrogens (tertiary/aromatic N) is 1. The lowest BCUT2D eigenvalue weighted by Crippen LogP contribution is -2.57. The summed E-state index contributed by atoms with van der Waals surface area (Å²) in [4.78, 5) is 14.6. The van der Waals surface area contributed by atoms with Crippen LogP contribution in [0.2, 0.25) is 0 Å². The van der Waals surface area contributed by atoms with Crippen LogP contribution in [0.3, 0.4) is 0 Å². The Balaban J connectivity index is 1.59. The summed E-state index contributed by atoms with van der Waals surface area (Å²) >= 11 is 0. The number of benzene rings is 2. The molecule has 0 aromatic heterocycles. The van der Waals surface area contributed by atoms with Crippen molar-refractivity contribution in [3.63, 3.8) is 0 Å². The minimum atomic E-state index is -1.44. The molecular weight excluding hydrogens is 355 g/mol. The molecule has 5 heteroatoms. The van der Waals surface area contributed by atoms with Crippen LogP contribution in [0.5, 0.6) is 0 Å². The molecule has 150 valence electrons. The van der Waals surface area contributed by atoms with E-state index in [-0.39, 0.29) is 24.8 Å². The maximum atomic E-state index is 13.7. The molecule has 1 fully saturated rings. The Morgan fingerprint density at radius 2 is 1.89 bits per heavy atom. The van der Waals surface area contributed by atoms with Crippen LogP contribution in [0, 0.1) is 5.82 Å². The van der Waals surface area contributed by atoms with E-state index in [4.69, 9.17) is 0 Å². The molecule has 1 heterocycles. The zero-order valence-electron chi connectivity index (χ0n) is 16.6. The van der Waals surface area contributed by atoms with Crippen molar-refractivity contribution in [3.05, 3.63) is 71.0 Å². The lowest BCUT2D eigenvalue weighted by Gasteiger charge is -2.38. The molecule has 28 heavy (non-hydrogen) atoms. The first-order valence-electron chi connectivity index (χ1n) is 9.94. The van der Waals surface area contributed by atoms with Crippen molar-refractivity contribution in [2.24, 2.45) is 0 Å². The van der Waals surface area contributed by atoms with Gasteiger partial charge in [-0.25, -0.2) is 4.39 Å². The van der Waals surface area contributed by atoms with Gasteiger partial charge in [-0.3, -0.25) is 4.79 Å². The number of amides is 1. The Morgan fingerprint density at radius 3 is 2.57 bits per heavy atom. The third-order valence-corrected chi connectivity index (χ3v) is 5.41. The van der Waals surface area contributed by atoms with Crippen LogP contribution < -0.4 is 5.32 Å². The molecule has 1 aliphatic rings. The number of rotatable bonds is 7. The van der Waals surface area contributed by atoms with E-state index in [0.717, 1.165) is 12.0 Å². The summed E-state index contributed by atoms with van der Waals surface area (Å²) in [6.45, 7) is 5.82. The molecule has 2 aromatic rings. The minimum Gasteiger partial charge on any atom is -0.379 e. The second-order valence-corrected chi connectivity index (χ2v) is 7.95. The van der Waals surface area contributed by atoms with E-state index in [1.165, 1.54) is 11.6 Å². The Bertz CT molecular complexity index is 807. The highest BCUT2D eigenvalue weighted by Crippen LogP contribution is 2.24. The van der Waals surface area contributed by atoms with E-state index < -0.39 is 5.60 Å². The largest absolute Gasteiger partial charge is 0.379 e. The summed E-state index contributed by atoms with van der Waals surface area (Å²) in [5.41, 5.74) is 1.40. The summed E-state index contributed by atoms with van der Waals surface area (Å²) in [7, 11) is 0. The molecule has 4 nitrogen and oxygen atoms in total. The van der Waals surface area contributed by atoms with Crippen molar-refractivity contribution in [2.75, 3.05) is 13.1 Å². The van der Waals surface area contributed by atoms with Crippen molar-refractivity contribution in [1.29, 1.82) is 0 Å². The molecule has 0 aliphatic carbocycles. The molecule has 0 radical (unpaired) electrons. The van der Waals surface area contributed by atoms with Gasteiger partial charge in [0, 0.05) is 31.7 Å². The van der Waals surface area contributed by atoms with Gasteiger partial charge in [0.15, 0.2) is 5.60 Å². The van der Waals surface area contributed by atoms with Crippen LogP contribution in [0.1, 0.15) is 49.3 Å². The zero-order valence-corrected chi connectivity index (χ0v) is 16.6. The number of halogens is 1. The molecule has 1 aliphatic heterocycles. The van der Waals surface area contributed by atoms with Crippen LogP contribution >= 0.6 is 0 Å². The topological polar surface area (TPSA) is 52.6 Å². The predicted molar refractivity (Wildman–Crippen MR) is 108 cm³/mol. The molecule has 2 aromatic carbocycles.